The predicted octanol–water partition coefficient (Wildman–Crippen LogP) is -1.90. The molecule has 1 aliphatic rings. The molecule has 19 heavy (non-hydrogen) atoms. The molecule has 0 bridgehead atoms. The van der Waals surface area contributed by atoms with E-state index in [4.69, 9.17) is 14.6 Å². The lowest BCUT2D eigenvalue weighted by Crippen LogP contribution is -2.43. The van der Waals surface area contributed by atoms with E-state index in [9.17, 15) is 19.1 Å². The number of aromatic nitrogens is 2. The fourth-order valence-corrected chi connectivity index (χ4v) is 1.96. The van der Waals surface area contributed by atoms with Gasteiger partial charge in [-0.15, -0.1) is 0 Å². The summed E-state index contributed by atoms with van der Waals surface area (Å²) in [5, 5.41) is 18.6. The first kappa shape index (κ1) is 13.9. The van der Waals surface area contributed by atoms with Crippen LogP contribution in [0.1, 0.15) is 6.23 Å². The molecule has 1 aromatic heterocycles. The summed E-state index contributed by atoms with van der Waals surface area (Å²) in [7, 11) is 1.20. The van der Waals surface area contributed by atoms with Crippen LogP contribution in [0, 0.1) is 0 Å². The molecular weight excluding hydrogens is 263 g/mol. The van der Waals surface area contributed by atoms with Crippen LogP contribution < -0.4 is 11.2 Å². The summed E-state index contributed by atoms with van der Waals surface area (Å²) in [6.45, 7) is -1.09. The van der Waals surface area contributed by atoms with Gasteiger partial charge in [0, 0.05) is 19.4 Å². The zero-order chi connectivity index (χ0) is 14.2. The Hall–Kier alpha value is -1.55. The standard InChI is InChI=1S/C10H13FN2O6/c1-18-6-7(16)10(11,4-14)19-8(6)13-3-2-5(15)12-9(13)17/h2-3,6-8,14,16H,4H2,1H3,(H,12,15,17)/t6?,7?,8-,10-/m0/s1. The van der Waals surface area contributed by atoms with Gasteiger partial charge in [0.1, 0.15) is 18.8 Å². The number of nitrogens with one attached hydrogen (secondary N) is 1. The first-order chi connectivity index (χ1) is 8.92. The van der Waals surface area contributed by atoms with Crippen LogP contribution in [0.15, 0.2) is 21.9 Å². The van der Waals surface area contributed by atoms with Crippen molar-refractivity contribution in [2.24, 2.45) is 0 Å². The van der Waals surface area contributed by atoms with Crippen molar-refractivity contribution in [1.29, 1.82) is 0 Å². The normalized spacial score (nSPS) is 34.6. The highest BCUT2D eigenvalue weighted by atomic mass is 19.2. The smallest absolute Gasteiger partial charge is 0.330 e. The molecule has 3 N–H and O–H groups in total. The minimum absolute atomic E-state index is 0.623. The third kappa shape index (κ3) is 2.21. The number of aliphatic hydroxyl groups is 2. The van der Waals surface area contributed by atoms with Crippen LogP contribution in [0.5, 0.6) is 0 Å². The molecule has 0 amide bonds. The monoisotopic (exact) mass is 276 g/mol. The molecule has 1 fully saturated rings. The van der Waals surface area contributed by atoms with E-state index in [1.165, 1.54) is 7.11 Å². The van der Waals surface area contributed by atoms with Gasteiger partial charge in [0.15, 0.2) is 6.23 Å². The number of alkyl halides is 1. The van der Waals surface area contributed by atoms with Crippen molar-refractivity contribution >= 4 is 0 Å². The summed E-state index contributed by atoms with van der Waals surface area (Å²) in [4.78, 5) is 24.5. The van der Waals surface area contributed by atoms with Gasteiger partial charge in [-0.25, -0.2) is 9.18 Å². The van der Waals surface area contributed by atoms with E-state index in [2.05, 4.69) is 0 Å². The van der Waals surface area contributed by atoms with Crippen molar-refractivity contribution < 1.29 is 24.1 Å². The maximum absolute atomic E-state index is 14.0. The van der Waals surface area contributed by atoms with E-state index in [0.717, 1.165) is 16.8 Å². The summed E-state index contributed by atoms with van der Waals surface area (Å²) in [6, 6.07) is 1.04. The first-order valence-electron chi connectivity index (χ1n) is 5.43. The molecule has 0 aromatic carbocycles. The lowest BCUT2D eigenvalue weighted by atomic mass is 10.1. The van der Waals surface area contributed by atoms with Crippen molar-refractivity contribution in [3.05, 3.63) is 33.1 Å². The average Bonchev–Trinajstić information content (AvgIpc) is 2.62. The van der Waals surface area contributed by atoms with Crippen molar-refractivity contribution in [1.82, 2.24) is 9.55 Å². The maximum Gasteiger partial charge on any atom is 0.330 e. The number of nitrogens with zero attached hydrogens (tertiary/aromatic N) is 1. The number of ether oxygens (including phenoxy) is 2. The van der Waals surface area contributed by atoms with Crippen LogP contribution >= 0.6 is 0 Å². The Balaban J connectivity index is 2.44. The van der Waals surface area contributed by atoms with Gasteiger partial charge in [-0.2, -0.15) is 0 Å². The summed E-state index contributed by atoms with van der Waals surface area (Å²) in [6.07, 6.45) is -3.19. The van der Waals surface area contributed by atoms with E-state index < -0.39 is 42.1 Å². The number of methoxy groups -OCH3 is 1. The largest absolute Gasteiger partial charge is 0.390 e. The first-order valence-corrected chi connectivity index (χ1v) is 5.43. The van der Waals surface area contributed by atoms with Crippen LogP contribution in [0.4, 0.5) is 4.39 Å². The Morgan fingerprint density at radius 3 is 2.84 bits per heavy atom. The lowest BCUT2D eigenvalue weighted by molar-refractivity contribution is -0.207. The second-order valence-electron chi connectivity index (χ2n) is 4.12. The van der Waals surface area contributed by atoms with Crippen molar-refractivity contribution in [2.45, 2.75) is 24.3 Å². The maximum atomic E-state index is 14.0. The Bertz CT molecular complexity index is 572. The van der Waals surface area contributed by atoms with Crippen LogP contribution in [0.3, 0.4) is 0 Å². The number of aromatic amines is 1. The molecule has 0 radical (unpaired) electrons. The Kier molecular flexibility index (Phi) is 3.54. The molecule has 1 aliphatic heterocycles. The van der Waals surface area contributed by atoms with Gasteiger partial charge in [-0.3, -0.25) is 14.3 Å². The van der Waals surface area contributed by atoms with Crippen LogP contribution in [0.25, 0.3) is 0 Å². The van der Waals surface area contributed by atoms with Crippen LogP contribution in [-0.4, -0.2) is 51.5 Å². The second kappa shape index (κ2) is 4.85. The fourth-order valence-electron chi connectivity index (χ4n) is 1.96. The number of aliphatic hydroxyl groups excluding tert-OH is 2. The van der Waals surface area contributed by atoms with Gasteiger partial charge in [0.05, 0.1) is 0 Å². The minimum Gasteiger partial charge on any atom is -0.390 e. The van der Waals surface area contributed by atoms with Crippen LogP contribution in [-0.2, 0) is 9.47 Å². The topological polar surface area (TPSA) is 114 Å². The number of hydrogen-bond acceptors (Lipinski definition) is 6. The molecule has 0 aliphatic carbocycles. The van der Waals surface area contributed by atoms with Gasteiger partial charge < -0.3 is 19.7 Å². The molecule has 1 aromatic rings. The minimum atomic E-state index is -2.74. The van der Waals surface area contributed by atoms with Crippen molar-refractivity contribution in [3.63, 3.8) is 0 Å². The lowest BCUT2D eigenvalue weighted by Gasteiger charge is -2.20. The molecule has 9 heteroatoms. The highest BCUT2D eigenvalue weighted by Crippen LogP contribution is 2.38. The Labute approximate surface area is 106 Å². The van der Waals surface area contributed by atoms with E-state index in [1.807, 2.05) is 4.98 Å². The van der Waals surface area contributed by atoms with Crippen LogP contribution in [0.2, 0.25) is 0 Å². The van der Waals surface area contributed by atoms with E-state index in [0.29, 0.717) is 0 Å². The molecule has 1 saturated heterocycles. The number of halogens is 1. The molecule has 0 saturated carbocycles. The molecule has 106 valence electrons. The van der Waals surface area contributed by atoms with Gasteiger partial charge in [0.2, 0.25) is 0 Å². The predicted molar refractivity (Wildman–Crippen MR) is 59.2 cm³/mol. The summed E-state index contributed by atoms with van der Waals surface area (Å²) >= 11 is 0. The summed E-state index contributed by atoms with van der Waals surface area (Å²) < 4.78 is 24.7. The molecule has 2 unspecified atom stereocenters. The quantitative estimate of drug-likeness (QED) is 0.594. The number of H-pyrrole nitrogens is 1. The number of hydrogen-bond donors (Lipinski definition) is 3. The molecule has 2 rings (SSSR count). The van der Waals surface area contributed by atoms with E-state index in [-0.39, 0.29) is 0 Å². The van der Waals surface area contributed by atoms with Gasteiger partial charge in [0.25, 0.3) is 11.4 Å². The van der Waals surface area contributed by atoms with Gasteiger partial charge in [-0.05, 0) is 0 Å². The third-order valence-electron chi connectivity index (χ3n) is 2.96. The highest BCUT2D eigenvalue weighted by Gasteiger charge is 2.56. The second-order valence-corrected chi connectivity index (χ2v) is 4.12. The average molecular weight is 276 g/mol. The van der Waals surface area contributed by atoms with E-state index in [1.54, 1.807) is 0 Å². The van der Waals surface area contributed by atoms with Gasteiger partial charge >= 0.3 is 5.69 Å². The highest BCUT2D eigenvalue weighted by molar-refractivity contribution is 4.97. The molecule has 8 nitrogen and oxygen atoms in total. The number of rotatable bonds is 3. The van der Waals surface area contributed by atoms with Gasteiger partial charge in [-0.1, -0.05) is 0 Å². The SMILES string of the molecule is COC1C(O)[C@](F)(CO)O[C@@H]1n1ccc(=O)[nH]c1=O. The zero-order valence-electron chi connectivity index (χ0n) is 9.95. The Morgan fingerprint density at radius 1 is 1.63 bits per heavy atom. The summed E-state index contributed by atoms with van der Waals surface area (Å²) in [5.41, 5.74) is -1.46. The van der Waals surface area contributed by atoms with Crippen molar-refractivity contribution in [3.8, 4) is 0 Å². The zero-order valence-corrected chi connectivity index (χ0v) is 9.95. The molecular formula is C10H13FN2O6. The summed E-state index contributed by atoms with van der Waals surface area (Å²) in [5.74, 6) is -2.74. The molecule has 4 atom stereocenters. The van der Waals surface area contributed by atoms with Crippen molar-refractivity contribution in [2.75, 3.05) is 13.7 Å². The third-order valence-corrected chi connectivity index (χ3v) is 2.96. The Morgan fingerprint density at radius 2 is 2.32 bits per heavy atom. The fraction of sp³-hybridized carbons (Fsp3) is 0.600. The van der Waals surface area contributed by atoms with E-state index >= 15 is 0 Å². The molecule has 2 heterocycles. The molecule has 0 spiro atoms.